The van der Waals surface area contributed by atoms with E-state index < -0.39 is 15.3 Å². The summed E-state index contributed by atoms with van der Waals surface area (Å²) >= 11 is 0. The van der Waals surface area contributed by atoms with E-state index in [9.17, 15) is 13.7 Å². The number of aromatic amines is 1. The average Bonchev–Trinajstić information content (AvgIpc) is 3.20. The van der Waals surface area contributed by atoms with Crippen LogP contribution < -0.4 is 4.74 Å². The van der Waals surface area contributed by atoms with Crippen molar-refractivity contribution in [3.8, 4) is 23.2 Å². The van der Waals surface area contributed by atoms with Gasteiger partial charge in [-0.15, -0.1) is 0 Å². The molecule has 0 aliphatic carbocycles. The summed E-state index contributed by atoms with van der Waals surface area (Å²) in [7, 11) is -2.94. The minimum Gasteiger partial charge on any atom is -0.492 e. The highest BCUT2D eigenvalue weighted by molar-refractivity contribution is 7.92. The van der Waals surface area contributed by atoms with Crippen LogP contribution in [0.1, 0.15) is 44.9 Å². The molecule has 1 fully saturated rings. The van der Waals surface area contributed by atoms with Gasteiger partial charge in [-0.1, -0.05) is 32.1 Å². The van der Waals surface area contributed by atoms with Crippen LogP contribution in [-0.2, 0) is 9.84 Å². The predicted octanol–water partition coefficient (Wildman–Crippen LogP) is 3.52. The van der Waals surface area contributed by atoms with Crippen LogP contribution in [0, 0.1) is 16.7 Å². The molecule has 0 bridgehead atoms. The molecule has 1 N–H and O–H groups in total. The van der Waals surface area contributed by atoms with Gasteiger partial charge in [0.25, 0.3) is 0 Å². The highest BCUT2D eigenvalue weighted by Gasteiger charge is 2.48. The van der Waals surface area contributed by atoms with Gasteiger partial charge in [0.2, 0.25) is 0 Å². The smallest absolute Gasteiger partial charge is 0.153 e. The van der Waals surface area contributed by atoms with Crippen LogP contribution in [0.2, 0.25) is 0 Å². The Hall–Kier alpha value is -2.40. The predicted molar refractivity (Wildman–Crippen MR) is 106 cm³/mol. The van der Waals surface area contributed by atoms with Gasteiger partial charge in [0.15, 0.2) is 9.84 Å². The standard InChI is InChI=1S/C20H26N4O3S/c21-14-20(15-28(25,26)16-20)10-5-3-1-2-4-6-12-27-17-7-8-18(22-13-17)19-9-11-23-24-19/h7-9,11,13H,1-6,10,12,15-16H2,(H,23,24). The first-order valence-corrected chi connectivity index (χ1v) is 11.5. The van der Waals surface area contributed by atoms with Gasteiger partial charge in [0.1, 0.15) is 5.75 Å². The molecular formula is C20H26N4O3S. The molecule has 2 aromatic rings. The largest absolute Gasteiger partial charge is 0.492 e. The number of H-pyrrole nitrogens is 1. The quantitative estimate of drug-likeness (QED) is 0.576. The molecular weight excluding hydrogens is 376 g/mol. The number of hydrogen-bond acceptors (Lipinski definition) is 6. The van der Waals surface area contributed by atoms with E-state index in [0.29, 0.717) is 13.0 Å². The second-order valence-electron chi connectivity index (χ2n) is 7.49. The first-order valence-electron chi connectivity index (χ1n) is 9.72. The zero-order chi connectivity index (χ0) is 19.9. The second-order valence-corrected chi connectivity index (χ2v) is 9.56. The Morgan fingerprint density at radius 1 is 1.11 bits per heavy atom. The van der Waals surface area contributed by atoms with Crippen molar-refractivity contribution in [3.05, 3.63) is 30.6 Å². The zero-order valence-electron chi connectivity index (χ0n) is 15.9. The highest BCUT2D eigenvalue weighted by Crippen LogP contribution is 2.37. The fourth-order valence-electron chi connectivity index (χ4n) is 3.55. The molecule has 2 aromatic heterocycles. The van der Waals surface area contributed by atoms with Crippen molar-refractivity contribution in [2.45, 2.75) is 44.9 Å². The SMILES string of the molecule is N#CC1(CCCCCCCCOc2ccc(-c3ccn[nH]3)nc2)CS(=O)(=O)C1. The van der Waals surface area contributed by atoms with E-state index in [4.69, 9.17) is 4.74 Å². The number of aromatic nitrogens is 3. The fraction of sp³-hybridized carbons (Fsp3) is 0.550. The van der Waals surface area contributed by atoms with Crippen LogP contribution >= 0.6 is 0 Å². The van der Waals surface area contributed by atoms with E-state index in [2.05, 4.69) is 21.3 Å². The Labute approximate surface area is 166 Å². The van der Waals surface area contributed by atoms with Crippen molar-refractivity contribution in [3.63, 3.8) is 0 Å². The fourth-order valence-corrected chi connectivity index (χ4v) is 5.57. The van der Waals surface area contributed by atoms with Gasteiger partial charge < -0.3 is 4.74 Å². The topological polar surface area (TPSA) is 109 Å². The Bertz CT molecular complexity index is 875. The van der Waals surface area contributed by atoms with Crippen LogP contribution in [0.4, 0.5) is 0 Å². The molecule has 28 heavy (non-hydrogen) atoms. The Balaban J connectivity index is 1.22. The third kappa shape index (κ3) is 5.55. The van der Waals surface area contributed by atoms with Crippen LogP contribution in [0.15, 0.2) is 30.6 Å². The third-order valence-electron chi connectivity index (χ3n) is 5.06. The van der Waals surface area contributed by atoms with Gasteiger partial charge in [-0.05, 0) is 31.0 Å². The van der Waals surface area contributed by atoms with Gasteiger partial charge in [-0.2, -0.15) is 10.4 Å². The highest BCUT2D eigenvalue weighted by atomic mass is 32.2. The van der Waals surface area contributed by atoms with E-state index in [1.54, 1.807) is 12.4 Å². The van der Waals surface area contributed by atoms with Crippen molar-refractivity contribution in [1.82, 2.24) is 15.2 Å². The number of unbranched alkanes of at least 4 members (excludes halogenated alkanes) is 5. The summed E-state index contributed by atoms with van der Waals surface area (Å²) in [6.07, 6.45) is 10.4. The monoisotopic (exact) mass is 402 g/mol. The molecule has 0 saturated carbocycles. The molecule has 0 unspecified atom stereocenters. The summed E-state index contributed by atoms with van der Waals surface area (Å²) in [6.45, 7) is 0.667. The number of nitriles is 1. The van der Waals surface area contributed by atoms with Gasteiger partial charge in [-0.25, -0.2) is 8.42 Å². The van der Waals surface area contributed by atoms with Crippen molar-refractivity contribution < 1.29 is 13.2 Å². The minimum absolute atomic E-state index is 0.0472. The lowest BCUT2D eigenvalue weighted by atomic mass is 9.87. The molecule has 0 amide bonds. The molecule has 3 rings (SSSR count). The number of hydrogen-bond donors (Lipinski definition) is 1. The first kappa shape index (κ1) is 20.3. The Kier molecular flexibility index (Phi) is 6.68. The molecule has 0 aromatic carbocycles. The Morgan fingerprint density at radius 3 is 2.46 bits per heavy atom. The maximum atomic E-state index is 11.3. The van der Waals surface area contributed by atoms with Crippen LogP contribution in [0.3, 0.4) is 0 Å². The second kappa shape index (κ2) is 9.20. The van der Waals surface area contributed by atoms with E-state index in [1.807, 2.05) is 18.2 Å². The summed E-state index contributed by atoms with van der Waals surface area (Å²) in [5, 5.41) is 16.0. The third-order valence-corrected chi connectivity index (χ3v) is 7.05. The summed E-state index contributed by atoms with van der Waals surface area (Å²) in [5.74, 6) is 0.859. The van der Waals surface area contributed by atoms with Crippen molar-refractivity contribution >= 4 is 9.84 Å². The number of ether oxygens (including phenoxy) is 1. The lowest BCUT2D eigenvalue weighted by Crippen LogP contribution is -2.47. The van der Waals surface area contributed by atoms with Crippen molar-refractivity contribution in [1.29, 1.82) is 5.26 Å². The normalized spacial score (nSPS) is 16.8. The van der Waals surface area contributed by atoms with Crippen LogP contribution in [-0.4, -0.2) is 41.7 Å². The number of nitrogens with one attached hydrogen (secondary N) is 1. The van der Waals surface area contributed by atoms with Crippen molar-refractivity contribution in [2.75, 3.05) is 18.1 Å². The maximum Gasteiger partial charge on any atom is 0.153 e. The maximum absolute atomic E-state index is 11.3. The lowest BCUT2D eigenvalue weighted by Gasteiger charge is -2.34. The first-order chi connectivity index (χ1) is 13.5. The van der Waals surface area contributed by atoms with Crippen LogP contribution in [0.25, 0.3) is 11.4 Å². The number of nitrogens with zero attached hydrogens (tertiary/aromatic N) is 3. The molecule has 1 aliphatic heterocycles. The molecule has 1 aliphatic rings. The number of sulfone groups is 1. The average molecular weight is 403 g/mol. The summed E-state index contributed by atoms with van der Waals surface area (Å²) in [6, 6.07) is 7.90. The molecule has 8 heteroatoms. The minimum atomic E-state index is -2.94. The molecule has 0 radical (unpaired) electrons. The molecule has 1 saturated heterocycles. The van der Waals surface area contributed by atoms with E-state index >= 15 is 0 Å². The van der Waals surface area contributed by atoms with Gasteiger partial charge in [-0.3, -0.25) is 10.1 Å². The number of pyridine rings is 1. The van der Waals surface area contributed by atoms with E-state index in [-0.39, 0.29) is 11.5 Å². The molecule has 0 atom stereocenters. The summed E-state index contributed by atoms with van der Waals surface area (Å²) < 4.78 is 28.3. The Morgan fingerprint density at radius 2 is 1.86 bits per heavy atom. The van der Waals surface area contributed by atoms with Crippen molar-refractivity contribution in [2.24, 2.45) is 5.41 Å². The van der Waals surface area contributed by atoms with E-state index in [1.165, 1.54) is 0 Å². The molecule has 150 valence electrons. The molecule has 0 spiro atoms. The zero-order valence-corrected chi connectivity index (χ0v) is 16.7. The van der Waals surface area contributed by atoms with E-state index in [0.717, 1.165) is 55.7 Å². The number of rotatable bonds is 11. The van der Waals surface area contributed by atoms with Gasteiger partial charge in [0.05, 0.1) is 47.2 Å². The molecule has 7 nitrogen and oxygen atoms in total. The lowest BCUT2D eigenvalue weighted by molar-refractivity contribution is 0.303. The summed E-state index contributed by atoms with van der Waals surface area (Å²) in [4.78, 5) is 4.36. The molecule has 3 heterocycles. The van der Waals surface area contributed by atoms with Gasteiger partial charge in [0, 0.05) is 6.20 Å². The van der Waals surface area contributed by atoms with Crippen LogP contribution in [0.5, 0.6) is 5.75 Å². The summed E-state index contributed by atoms with van der Waals surface area (Å²) in [5.41, 5.74) is 1.11. The van der Waals surface area contributed by atoms with Gasteiger partial charge >= 0.3 is 0 Å².